The number of hydrogen-bond donors (Lipinski definition) is 1. The second kappa shape index (κ2) is 6.83. The molecule has 4 nitrogen and oxygen atoms in total. The normalized spacial score (nSPS) is 28.8. The summed E-state index contributed by atoms with van der Waals surface area (Å²) in [7, 11) is 0. The van der Waals surface area contributed by atoms with Crippen molar-refractivity contribution in [1.29, 1.82) is 0 Å². The van der Waals surface area contributed by atoms with Gasteiger partial charge in [0.1, 0.15) is 5.75 Å². The van der Waals surface area contributed by atoms with Crippen LogP contribution in [0, 0.1) is 30.6 Å². The molecule has 134 valence electrons. The maximum Gasteiger partial charge on any atom is 0.309 e. The molecule has 5 rings (SSSR count). The molecule has 3 atom stereocenters. The van der Waals surface area contributed by atoms with Crippen LogP contribution < -0.4 is 4.74 Å². The van der Waals surface area contributed by atoms with Gasteiger partial charge in [0, 0.05) is 19.6 Å². The highest BCUT2D eigenvalue weighted by atomic mass is 16.5. The topological polar surface area (TPSA) is 49.8 Å². The number of fused-ring (bicyclic) bond motifs is 2. The van der Waals surface area contributed by atoms with Gasteiger partial charge >= 0.3 is 5.97 Å². The molecule has 0 spiro atoms. The molecule has 4 aliphatic rings. The number of carbonyl (C=O) groups is 1. The number of carboxylic acids is 1. The summed E-state index contributed by atoms with van der Waals surface area (Å²) in [6.45, 7) is 5.07. The molecule has 3 aliphatic carbocycles. The number of aliphatic carboxylic acids is 1. The SMILES string of the molecule is Cc1cc(OCC2CC3C=CC2CC3)ccc1CN1CC(C(=O)O)C1. The molecule has 1 aromatic rings. The van der Waals surface area contributed by atoms with Crippen LogP contribution in [0.25, 0.3) is 0 Å². The van der Waals surface area contributed by atoms with Crippen LogP contribution in [0.15, 0.2) is 30.4 Å². The fraction of sp³-hybridized carbons (Fsp3) is 0.571. The van der Waals surface area contributed by atoms with Gasteiger partial charge in [0.25, 0.3) is 0 Å². The van der Waals surface area contributed by atoms with Crippen molar-refractivity contribution in [3.63, 3.8) is 0 Å². The van der Waals surface area contributed by atoms with Crippen LogP contribution in [0.2, 0.25) is 0 Å². The largest absolute Gasteiger partial charge is 0.493 e. The Bertz CT molecular complexity index is 678. The van der Waals surface area contributed by atoms with E-state index in [1.165, 1.54) is 30.4 Å². The van der Waals surface area contributed by atoms with Crippen LogP contribution >= 0.6 is 0 Å². The molecule has 1 heterocycles. The van der Waals surface area contributed by atoms with Crippen molar-refractivity contribution in [1.82, 2.24) is 4.90 Å². The molecule has 3 unspecified atom stereocenters. The summed E-state index contributed by atoms with van der Waals surface area (Å²) in [6.07, 6.45) is 8.74. The van der Waals surface area contributed by atoms with Crippen LogP contribution in [-0.2, 0) is 11.3 Å². The van der Waals surface area contributed by atoms with E-state index in [4.69, 9.17) is 9.84 Å². The van der Waals surface area contributed by atoms with Gasteiger partial charge in [-0.15, -0.1) is 0 Å². The van der Waals surface area contributed by atoms with Crippen molar-refractivity contribution in [2.45, 2.75) is 32.7 Å². The monoisotopic (exact) mass is 341 g/mol. The molecular weight excluding hydrogens is 314 g/mol. The van der Waals surface area contributed by atoms with Crippen molar-refractivity contribution in [2.75, 3.05) is 19.7 Å². The first-order chi connectivity index (χ1) is 12.1. The predicted molar refractivity (Wildman–Crippen MR) is 96.5 cm³/mol. The number of aryl methyl sites for hydroxylation is 1. The predicted octanol–water partition coefficient (Wildman–Crippen LogP) is 3.49. The van der Waals surface area contributed by atoms with Gasteiger partial charge in [-0.1, -0.05) is 18.2 Å². The van der Waals surface area contributed by atoms with Crippen molar-refractivity contribution < 1.29 is 14.6 Å². The van der Waals surface area contributed by atoms with Gasteiger partial charge in [0.05, 0.1) is 12.5 Å². The molecule has 1 N–H and O–H groups in total. The second-order valence-corrected chi connectivity index (χ2v) is 8.01. The van der Waals surface area contributed by atoms with E-state index in [0.717, 1.165) is 24.8 Å². The fourth-order valence-electron chi connectivity index (χ4n) is 4.48. The molecule has 25 heavy (non-hydrogen) atoms. The van der Waals surface area contributed by atoms with E-state index in [0.29, 0.717) is 24.9 Å². The lowest BCUT2D eigenvalue weighted by Crippen LogP contribution is -2.49. The molecule has 1 aromatic carbocycles. The van der Waals surface area contributed by atoms with Gasteiger partial charge in [-0.25, -0.2) is 0 Å². The first kappa shape index (κ1) is 16.6. The number of benzene rings is 1. The van der Waals surface area contributed by atoms with E-state index in [1.807, 2.05) is 0 Å². The van der Waals surface area contributed by atoms with Crippen molar-refractivity contribution in [2.24, 2.45) is 23.7 Å². The van der Waals surface area contributed by atoms with Crippen LogP contribution in [0.3, 0.4) is 0 Å². The lowest BCUT2D eigenvalue weighted by Gasteiger charge is -2.38. The Morgan fingerprint density at radius 1 is 1.28 bits per heavy atom. The van der Waals surface area contributed by atoms with Gasteiger partial charge in [-0.05, 0) is 67.2 Å². The summed E-state index contributed by atoms with van der Waals surface area (Å²) < 4.78 is 6.10. The minimum Gasteiger partial charge on any atom is -0.493 e. The lowest BCUT2D eigenvalue weighted by molar-refractivity contribution is -0.147. The lowest BCUT2D eigenvalue weighted by atomic mass is 9.69. The van der Waals surface area contributed by atoms with Crippen molar-refractivity contribution >= 4 is 5.97 Å². The number of ether oxygens (including phenoxy) is 1. The quantitative estimate of drug-likeness (QED) is 0.805. The summed E-state index contributed by atoms with van der Waals surface area (Å²) in [5.41, 5.74) is 2.48. The zero-order valence-corrected chi connectivity index (χ0v) is 14.9. The van der Waals surface area contributed by atoms with Crippen LogP contribution in [0.4, 0.5) is 0 Å². The number of hydrogen-bond acceptors (Lipinski definition) is 3. The Balaban J connectivity index is 1.30. The second-order valence-electron chi connectivity index (χ2n) is 8.01. The first-order valence-electron chi connectivity index (χ1n) is 9.44. The number of rotatable bonds is 6. The number of allylic oxidation sites excluding steroid dienone is 2. The Kier molecular flexibility index (Phi) is 4.55. The van der Waals surface area contributed by atoms with Gasteiger partial charge in [0.2, 0.25) is 0 Å². The fourth-order valence-corrected chi connectivity index (χ4v) is 4.48. The number of nitrogens with zero attached hydrogens (tertiary/aromatic N) is 1. The first-order valence-corrected chi connectivity index (χ1v) is 9.44. The maximum atomic E-state index is 10.9. The van der Waals surface area contributed by atoms with E-state index >= 15 is 0 Å². The van der Waals surface area contributed by atoms with E-state index in [2.05, 4.69) is 42.2 Å². The Labute approximate surface area is 149 Å². The van der Waals surface area contributed by atoms with Crippen LogP contribution in [0.1, 0.15) is 30.4 Å². The Morgan fingerprint density at radius 3 is 2.72 bits per heavy atom. The van der Waals surface area contributed by atoms with Crippen LogP contribution in [0.5, 0.6) is 5.75 Å². The minimum atomic E-state index is -0.678. The summed E-state index contributed by atoms with van der Waals surface area (Å²) in [4.78, 5) is 13.1. The third-order valence-electron chi connectivity index (χ3n) is 6.19. The maximum absolute atomic E-state index is 10.9. The van der Waals surface area contributed by atoms with Gasteiger partial charge in [-0.3, -0.25) is 9.69 Å². The van der Waals surface area contributed by atoms with Gasteiger partial charge in [-0.2, -0.15) is 0 Å². The van der Waals surface area contributed by atoms with Crippen molar-refractivity contribution in [3.05, 3.63) is 41.5 Å². The van der Waals surface area contributed by atoms with E-state index in [9.17, 15) is 4.79 Å². The molecule has 0 aromatic heterocycles. The van der Waals surface area contributed by atoms with E-state index < -0.39 is 5.97 Å². The molecule has 1 aliphatic heterocycles. The number of likely N-dealkylation sites (tertiary alicyclic amines) is 1. The molecule has 1 saturated carbocycles. The van der Waals surface area contributed by atoms with Crippen LogP contribution in [-0.4, -0.2) is 35.7 Å². The molecule has 0 radical (unpaired) electrons. The molecule has 2 fully saturated rings. The smallest absolute Gasteiger partial charge is 0.309 e. The highest BCUT2D eigenvalue weighted by Gasteiger charge is 2.33. The highest BCUT2D eigenvalue weighted by molar-refractivity contribution is 5.71. The summed E-state index contributed by atoms with van der Waals surface area (Å²) >= 11 is 0. The highest BCUT2D eigenvalue weighted by Crippen LogP contribution is 2.40. The Hall–Kier alpha value is -1.81. The average Bonchev–Trinajstić information content (AvgIpc) is 2.58. The standard InChI is InChI=1S/C21H27NO3/c1-14-8-20(25-13-18-9-15-2-4-16(18)5-3-15)7-6-17(14)10-22-11-19(12-22)21(23)24/h2,4,6-8,15-16,18-19H,3,5,9-13H2,1H3,(H,23,24). The Morgan fingerprint density at radius 2 is 2.12 bits per heavy atom. The molecule has 1 saturated heterocycles. The number of carboxylic acid groups (broad SMARTS) is 1. The summed E-state index contributed by atoms with van der Waals surface area (Å²) in [5.74, 6) is 2.23. The third-order valence-corrected chi connectivity index (χ3v) is 6.19. The third kappa shape index (κ3) is 3.59. The summed E-state index contributed by atoms with van der Waals surface area (Å²) in [5, 5.41) is 8.97. The summed E-state index contributed by atoms with van der Waals surface area (Å²) in [6, 6.07) is 6.32. The molecular formula is C21H27NO3. The molecule has 0 amide bonds. The van der Waals surface area contributed by atoms with E-state index in [-0.39, 0.29) is 5.92 Å². The van der Waals surface area contributed by atoms with Gasteiger partial charge in [0.15, 0.2) is 0 Å². The zero-order valence-electron chi connectivity index (χ0n) is 14.9. The molecule has 4 heteroatoms. The minimum absolute atomic E-state index is 0.192. The van der Waals surface area contributed by atoms with E-state index in [1.54, 1.807) is 0 Å². The zero-order chi connectivity index (χ0) is 17.4. The molecule has 2 bridgehead atoms. The average molecular weight is 341 g/mol. The van der Waals surface area contributed by atoms with Gasteiger partial charge < -0.3 is 9.84 Å². The van der Waals surface area contributed by atoms with Crippen molar-refractivity contribution in [3.8, 4) is 5.75 Å².